The van der Waals surface area contributed by atoms with Crippen molar-refractivity contribution in [1.29, 1.82) is 0 Å². The third-order valence-electron chi connectivity index (χ3n) is 6.90. The van der Waals surface area contributed by atoms with Crippen LogP contribution in [0.5, 0.6) is 0 Å². The first-order chi connectivity index (χ1) is 16.2. The molecule has 1 saturated carbocycles. The number of carbonyl (C=O) groups excluding carboxylic acids is 1. The van der Waals surface area contributed by atoms with Gasteiger partial charge in [-0.15, -0.1) is 0 Å². The predicted octanol–water partition coefficient (Wildman–Crippen LogP) is 4.08. The second-order valence-electron chi connectivity index (χ2n) is 9.08. The second-order valence-corrected chi connectivity index (χ2v) is 9.08. The van der Waals surface area contributed by atoms with Crippen LogP contribution in [0.2, 0.25) is 0 Å². The minimum Gasteiger partial charge on any atom is -0.371 e. The molecule has 34 heavy (non-hydrogen) atoms. The van der Waals surface area contributed by atoms with Crippen LogP contribution in [0.3, 0.4) is 0 Å². The van der Waals surface area contributed by atoms with E-state index in [1.807, 2.05) is 6.07 Å². The summed E-state index contributed by atoms with van der Waals surface area (Å²) in [5, 5.41) is 3.84. The molecule has 4 N–H and O–H groups in total. The van der Waals surface area contributed by atoms with Crippen LogP contribution in [0.4, 0.5) is 29.1 Å². The smallest absolute Gasteiger partial charge is 0.371 e. The lowest BCUT2D eigenvalue weighted by Crippen LogP contribution is -2.61. The molecular formula is C23H24F4N6O. The number of fused-ring (bicyclic) bond motifs is 1. The molecule has 1 aliphatic heterocycles. The Morgan fingerprint density at radius 1 is 1.15 bits per heavy atom. The van der Waals surface area contributed by atoms with E-state index in [0.717, 1.165) is 29.8 Å². The van der Waals surface area contributed by atoms with Gasteiger partial charge in [0.15, 0.2) is 0 Å². The summed E-state index contributed by atoms with van der Waals surface area (Å²) in [4.78, 5) is 26.7. The molecule has 5 rings (SSSR count). The van der Waals surface area contributed by atoms with E-state index in [9.17, 15) is 22.4 Å². The lowest BCUT2D eigenvalue weighted by atomic mass is 9.74. The van der Waals surface area contributed by atoms with Gasteiger partial charge in [0.05, 0.1) is 10.9 Å². The van der Waals surface area contributed by atoms with E-state index in [1.54, 1.807) is 6.20 Å². The van der Waals surface area contributed by atoms with Crippen LogP contribution >= 0.6 is 0 Å². The van der Waals surface area contributed by atoms with Gasteiger partial charge in [0, 0.05) is 30.9 Å². The van der Waals surface area contributed by atoms with E-state index in [-0.39, 0.29) is 17.5 Å². The third kappa shape index (κ3) is 3.92. The SMILES string of the molecule is NC(=O)C(Nc1cc(F)cc(C(F)(F)F)c1)(C1CC1)[C@@H]1CCCN(c2ncnc3[nH]ccc23)C1. The molecule has 1 aromatic carbocycles. The van der Waals surface area contributed by atoms with Gasteiger partial charge in [-0.05, 0) is 55.9 Å². The van der Waals surface area contributed by atoms with Gasteiger partial charge in [0.25, 0.3) is 0 Å². The molecule has 0 radical (unpaired) electrons. The number of halogens is 4. The van der Waals surface area contributed by atoms with Crippen molar-refractivity contribution in [2.45, 2.75) is 37.4 Å². The Hall–Kier alpha value is -3.37. The van der Waals surface area contributed by atoms with Gasteiger partial charge in [-0.1, -0.05) is 0 Å². The van der Waals surface area contributed by atoms with Crippen LogP contribution in [0.25, 0.3) is 11.0 Å². The van der Waals surface area contributed by atoms with Gasteiger partial charge < -0.3 is 20.9 Å². The summed E-state index contributed by atoms with van der Waals surface area (Å²) in [6, 6.07) is 4.12. The van der Waals surface area contributed by atoms with Crippen molar-refractivity contribution in [2.75, 3.05) is 23.3 Å². The Morgan fingerprint density at radius 3 is 2.65 bits per heavy atom. The topological polar surface area (TPSA) is 99.9 Å². The van der Waals surface area contributed by atoms with Crippen LogP contribution in [0.15, 0.2) is 36.8 Å². The summed E-state index contributed by atoms with van der Waals surface area (Å²) in [5.74, 6) is -1.42. The Morgan fingerprint density at radius 2 is 1.94 bits per heavy atom. The first-order valence-electron chi connectivity index (χ1n) is 11.2. The van der Waals surface area contributed by atoms with E-state index in [2.05, 4.69) is 25.2 Å². The van der Waals surface area contributed by atoms with Crippen LogP contribution in [0, 0.1) is 17.7 Å². The van der Waals surface area contributed by atoms with E-state index in [1.165, 1.54) is 6.33 Å². The number of amides is 1. The normalized spacial score (nSPS) is 20.8. The highest BCUT2D eigenvalue weighted by Crippen LogP contribution is 2.48. The molecule has 11 heteroatoms. The number of alkyl halides is 3. The van der Waals surface area contributed by atoms with Crippen LogP contribution in [-0.2, 0) is 11.0 Å². The molecule has 0 bridgehead atoms. The molecule has 2 fully saturated rings. The van der Waals surface area contributed by atoms with Crippen molar-refractivity contribution in [1.82, 2.24) is 15.0 Å². The van der Waals surface area contributed by atoms with Crippen molar-refractivity contribution < 1.29 is 22.4 Å². The van der Waals surface area contributed by atoms with Crippen molar-refractivity contribution in [2.24, 2.45) is 17.6 Å². The number of anilines is 2. The fourth-order valence-corrected chi connectivity index (χ4v) is 5.26. The molecule has 3 heterocycles. The number of primary amides is 1. The largest absolute Gasteiger partial charge is 0.416 e. The maximum atomic E-state index is 14.1. The average molecular weight is 476 g/mol. The highest BCUT2D eigenvalue weighted by molar-refractivity contribution is 5.90. The summed E-state index contributed by atoms with van der Waals surface area (Å²) < 4.78 is 54.0. The number of benzene rings is 1. The summed E-state index contributed by atoms with van der Waals surface area (Å²) in [6.45, 7) is 1.12. The number of hydrogen-bond acceptors (Lipinski definition) is 5. The zero-order valence-electron chi connectivity index (χ0n) is 18.2. The number of nitrogens with two attached hydrogens (primary N) is 1. The number of piperidine rings is 1. The Balaban J connectivity index is 1.51. The molecule has 1 saturated heterocycles. The van der Waals surface area contributed by atoms with Gasteiger partial charge in [-0.25, -0.2) is 14.4 Å². The number of H-pyrrole nitrogens is 1. The molecule has 180 valence electrons. The molecule has 3 aromatic rings. The van der Waals surface area contributed by atoms with Gasteiger partial charge in [0.1, 0.15) is 29.1 Å². The number of carbonyl (C=O) groups is 1. The molecule has 1 amide bonds. The third-order valence-corrected chi connectivity index (χ3v) is 6.90. The number of aromatic amines is 1. The second kappa shape index (κ2) is 8.14. The Labute approximate surface area is 192 Å². The first kappa shape index (κ1) is 22.4. The zero-order chi connectivity index (χ0) is 24.1. The Kier molecular flexibility index (Phi) is 5.37. The summed E-state index contributed by atoms with van der Waals surface area (Å²) >= 11 is 0. The minimum atomic E-state index is -4.72. The summed E-state index contributed by atoms with van der Waals surface area (Å²) in [6.07, 6.45) is 1.32. The molecule has 7 nitrogen and oxygen atoms in total. The molecule has 2 aliphatic rings. The molecule has 2 aromatic heterocycles. The van der Waals surface area contributed by atoms with Gasteiger partial charge in [0.2, 0.25) is 5.91 Å². The number of nitrogens with zero attached hydrogens (tertiary/aromatic N) is 3. The van der Waals surface area contributed by atoms with Crippen molar-refractivity contribution >= 4 is 28.4 Å². The Bertz CT molecular complexity index is 1220. The maximum absolute atomic E-state index is 14.1. The summed E-state index contributed by atoms with van der Waals surface area (Å²) in [7, 11) is 0. The van der Waals surface area contributed by atoms with E-state index >= 15 is 0 Å². The molecule has 1 unspecified atom stereocenters. The van der Waals surface area contributed by atoms with Crippen molar-refractivity contribution in [3.05, 3.63) is 48.2 Å². The van der Waals surface area contributed by atoms with Gasteiger partial charge in [-0.3, -0.25) is 4.79 Å². The predicted molar refractivity (Wildman–Crippen MR) is 118 cm³/mol. The highest BCUT2D eigenvalue weighted by atomic mass is 19.4. The average Bonchev–Trinajstić information content (AvgIpc) is 3.52. The van der Waals surface area contributed by atoms with Crippen molar-refractivity contribution in [3.8, 4) is 0 Å². The quantitative estimate of drug-likeness (QED) is 0.466. The fraction of sp³-hybridized carbons (Fsp3) is 0.435. The standard InChI is InChI=1S/C23H24F4N6O/c24-16-8-15(23(25,26)27)9-17(10-16)32-22(21(28)34,13-3-4-13)14-2-1-7-33(11-14)20-18-5-6-29-19(18)30-12-31-20/h5-6,8-10,12-14,32H,1-4,7,11H2,(H2,28,34)(H,29,30,31)/t14-,22?/m1/s1. The number of aromatic nitrogens is 3. The highest BCUT2D eigenvalue weighted by Gasteiger charge is 2.55. The number of hydrogen-bond donors (Lipinski definition) is 3. The van der Waals surface area contributed by atoms with Gasteiger partial charge >= 0.3 is 6.18 Å². The monoisotopic (exact) mass is 476 g/mol. The molecule has 1 aliphatic carbocycles. The van der Waals surface area contributed by atoms with Crippen molar-refractivity contribution in [3.63, 3.8) is 0 Å². The lowest BCUT2D eigenvalue weighted by Gasteiger charge is -2.45. The van der Waals surface area contributed by atoms with E-state index in [4.69, 9.17) is 5.73 Å². The van der Waals surface area contributed by atoms with E-state index in [0.29, 0.717) is 44.1 Å². The number of nitrogens with one attached hydrogen (secondary N) is 2. The summed E-state index contributed by atoms with van der Waals surface area (Å²) in [5.41, 5.74) is 4.10. The van der Waals surface area contributed by atoms with Crippen LogP contribution in [0.1, 0.15) is 31.2 Å². The molecule has 2 atom stereocenters. The first-order valence-corrected chi connectivity index (χ1v) is 11.2. The van der Waals surface area contributed by atoms with E-state index < -0.39 is 29.0 Å². The minimum absolute atomic E-state index is 0.106. The van der Waals surface area contributed by atoms with Crippen LogP contribution in [-0.4, -0.2) is 39.5 Å². The zero-order valence-corrected chi connectivity index (χ0v) is 18.2. The maximum Gasteiger partial charge on any atom is 0.416 e. The number of rotatable bonds is 6. The van der Waals surface area contributed by atoms with Crippen LogP contribution < -0.4 is 16.0 Å². The lowest BCUT2D eigenvalue weighted by molar-refractivity contribution is -0.137. The molecule has 0 spiro atoms. The fourth-order valence-electron chi connectivity index (χ4n) is 5.26. The molecular weight excluding hydrogens is 452 g/mol. The van der Waals surface area contributed by atoms with Gasteiger partial charge in [-0.2, -0.15) is 13.2 Å².